The third kappa shape index (κ3) is 2.49. The van der Waals surface area contributed by atoms with Crippen LogP contribution in [0.3, 0.4) is 0 Å². The number of nitrogens with zero attached hydrogens (tertiary/aromatic N) is 7. The molecule has 1 atom stereocenters. The molecule has 4 aromatic rings. The van der Waals surface area contributed by atoms with Crippen molar-refractivity contribution in [2.45, 2.75) is 38.4 Å². The summed E-state index contributed by atoms with van der Waals surface area (Å²) in [6.45, 7) is 1.90. The number of pyridine rings is 1. The van der Waals surface area contributed by atoms with Crippen LogP contribution in [0.1, 0.15) is 30.9 Å². The number of imidazole rings is 1. The first-order valence-electron chi connectivity index (χ1n) is 10.2. The Kier molecular flexibility index (Phi) is 3.66. The molecule has 1 N–H and O–H groups in total. The fraction of sp³-hybridized carbons (Fsp3) is 0.450. The van der Waals surface area contributed by atoms with Crippen LogP contribution in [0.25, 0.3) is 16.8 Å². The molecule has 0 aromatic carbocycles. The minimum absolute atomic E-state index is 0.0668. The largest absolute Gasteiger partial charge is 0.394 e. The van der Waals surface area contributed by atoms with Gasteiger partial charge in [0.05, 0.1) is 23.5 Å². The molecule has 7 rings (SSSR count). The molecule has 32 heavy (non-hydrogen) atoms. The Morgan fingerprint density at radius 3 is 2.72 bits per heavy atom. The van der Waals surface area contributed by atoms with E-state index in [0.29, 0.717) is 22.5 Å². The highest BCUT2D eigenvalue weighted by molar-refractivity contribution is 5.73. The molecule has 0 spiro atoms. The number of hydrogen-bond acceptors (Lipinski definition) is 6. The third-order valence-corrected chi connectivity index (χ3v) is 7.08. The van der Waals surface area contributed by atoms with Crippen LogP contribution in [0.4, 0.5) is 24.8 Å². The van der Waals surface area contributed by atoms with Crippen LogP contribution in [-0.2, 0) is 7.05 Å². The zero-order valence-corrected chi connectivity index (χ0v) is 17.3. The molecule has 2 bridgehead atoms. The lowest BCUT2D eigenvalue weighted by Gasteiger charge is -2.39. The quantitative estimate of drug-likeness (QED) is 0.522. The number of aryl methyl sites for hydroxylation is 2. The van der Waals surface area contributed by atoms with Crippen LogP contribution in [0.15, 0.2) is 29.6 Å². The Morgan fingerprint density at radius 2 is 2.00 bits per heavy atom. The number of anilines is 2. The highest BCUT2D eigenvalue weighted by Crippen LogP contribution is 2.69. The minimum Gasteiger partial charge on any atom is -0.323 e. The van der Waals surface area contributed by atoms with Gasteiger partial charge in [0.2, 0.25) is 5.95 Å². The molecule has 4 heterocycles. The zero-order chi connectivity index (χ0) is 22.4. The van der Waals surface area contributed by atoms with E-state index < -0.39 is 17.6 Å². The van der Waals surface area contributed by atoms with Crippen molar-refractivity contribution in [3.8, 4) is 0 Å². The molecule has 0 radical (unpaired) electrons. The van der Waals surface area contributed by atoms with Crippen molar-refractivity contribution in [2.75, 3.05) is 5.32 Å². The van der Waals surface area contributed by atoms with Crippen LogP contribution in [0, 0.1) is 18.3 Å². The first-order valence-corrected chi connectivity index (χ1v) is 10.2. The second-order valence-corrected chi connectivity index (χ2v) is 8.89. The van der Waals surface area contributed by atoms with Crippen LogP contribution in [0.5, 0.6) is 0 Å². The summed E-state index contributed by atoms with van der Waals surface area (Å²) in [5.74, 6) is 0.0681. The van der Waals surface area contributed by atoms with Gasteiger partial charge in [0, 0.05) is 13.1 Å². The van der Waals surface area contributed by atoms with Crippen LogP contribution in [-0.4, -0.2) is 39.9 Å². The van der Waals surface area contributed by atoms with E-state index in [4.69, 9.17) is 0 Å². The van der Waals surface area contributed by atoms with Gasteiger partial charge in [0.25, 0.3) is 0 Å². The molecule has 3 saturated carbocycles. The number of fused-ring (bicyclic) bond motifs is 3. The van der Waals surface area contributed by atoms with Gasteiger partial charge in [-0.15, -0.1) is 0 Å². The Labute approximate surface area is 178 Å². The maximum absolute atomic E-state index is 13.6. The van der Waals surface area contributed by atoms with Crippen LogP contribution in [0.2, 0.25) is 0 Å². The van der Waals surface area contributed by atoms with Gasteiger partial charge < -0.3 is 5.32 Å². The Balaban J connectivity index is 1.41. The predicted molar refractivity (Wildman–Crippen MR) is 109 cm³/mol. The second kappa shape index (κ2) is 6.08. The zero-order valence-electron chi connectivity index (χ0n) is 17.3. The topological polar surface area (TPSA) is 94.9 Å². The number of rotatable bonds is 3. The smallest absolute Gasteiger partial charge is 0.323 e. The maximum Gasteiger partial charge on any atom is 0.394 e. The van der Waals surface area contributed by atoms with Gasteiger partial charge in [-0.3, -0.25) is 9.13 Å². The molecule has 0 unspecified atom stereocenters. The summed E-state index contributed by atoms with van der Waals surface area (Å²) < 4.78 is 45.2. The molecular weight excluding hydrogens is 425 g/mol. The van der Waals surface area contributed by atoms with E-state index in [1.165, 1.54) is 21.7 Å². The summed E-state index contributed by atoms with van der Waals surface area (Å²) in [6.07, 6.45) is 0.506. The summed E-state index contributed by atoms with van der Waals surface area (Å²) in [4.78, 5) is 26.0. The number of alkyl halides is 3. The van der Waals surface area contributed by atoms with E-state index in [1.54, 1.807) is 17.8 Å². The van der Waals surface area contributed by atoms with Crippen molar-refractivity contribution in [3.05, 3.63) is 40.8 Å². The fourth-order valence-corrected chi connectivity index (χ4v) is 5.30. The summed E-state index contributed by atoms with van der Waals surface area (Å²) >= 11 is 0. The first kappa shape index (κ1) is 19.3. The Hall–Kier alpha value is -3.44. The van der Waals surface area contributed by atoms with Crippen molar-refractivity contribution in [1.29, 1.82) is 0 Å². The minimum atomic E-state index is -4.26. The first-order chi connectivity index (χ1) is 15.2. The van der Waals surface area contributed by atoms with Crippen LogP contribution >= 0.6 is 0 Å². The Morgan fingerprint density at radius 1 is 1.22 bits per heavy atom. The van der Waals surface area contributed by atoms with E-state index in [0.717, 1.165) is 5.56 Å². The van der Waals surface area contributed by atoms with Gasteiger partial charge in [-0.05, 0) is 43.7 Å². The monoisotopic (exact) mass is 444 g/mol. The van der Waals surface area contributed by atoms with Gasteiger partial charge in [0.1, 0.15) is 11.8 Å². The molecule has 3 aliphatic rings. The van der Waals surface area contributed by atoms with Crippen molar-refractivity contribution in [3.63, 3.8) is 0 Å². The molecule has 9 nitrogen and oxygen atoms in total. The number of aromatic nitrogens is 7. The lowest BCUT2D eigenvalue weighted by molar-refractivity contribution is -0.244. The fourth-order valence-electron chi connectivity index (χ4n) is 5.30. The molecule has 3 aliphatic carbocycles. The molecule has 0 amide bonds. The molecule has 12 heteroatoms. The standard InChI is InChI=1S/C20H19F3N8O/c1-10-3-15-25-9-26-30(15)8-12(10)27-17-24-7-14-16(28-17)31(18(32)29(14)2)13-6-19(20(21,22)23)4-11(13)5-19/h3,7-9,11,13H,4-6H2,1-2H3,(H,24,27,28)/t11?,13-,19?/m1/s1. The van der Waals surface area contributed by atoms with Crippen molar-refractivity contribution in [1.82, 2.24) is 33.7 Å². The summed E-state index contributed by atoms with van der Waals surface area (Å²) in [6, 6.07) is 1.33. The summed E-state index contributed by atoms with van der Waals surface area (Å²) in [5.41, 5.74) is 1.05. The predicted octanol–water partition coefficient (Wildman–Crippen LogP) is 3.13. The van der Waals surface area contributed by atoms with E-state index in [-0.39, 0.29) is 36.8 Å². The second-order valence-electron chi connectivity index (χ2n) is 8.89. The van der Waals surface area contributed by atoms with Gasteiger partial charge in [0.15, 0.2) is 11.3 Å². The SMILES string of the molecule is Cc1cc2ncnn2cc1Nc1ncc2c(n1)n([C@@H]1CC3(C(F)(F)F)CC1C3)c(=O)n2C. The van der Waals surface area contributed by atoms with E-state index in [2.05, 4.69) is 25.4 Å². The molecule has 3 fully saturated rings. The summed E-state index contributed by atoms with van der Waals surface area (Å²) in [7, 11) is 1.58. The van der Waals surface area contributed by atoms with E-state index in [1.807, 2.05) is 13.0 Å². The average molecular weight is 444 g/mol. The van der Waals surface area contributed by atoms with Crippen molar-refractivity contribution >= 4 is 28.4 Å². The van der Waals surface area contributed by atoms with Crippen molar-refractivity contribution < 1.29 is 13.2 Å². The number of nitrogens with one attached hydrogen (secondary N) is 1. The normalized spacial score (nSPS) is 24.9. The molecular formula is C20H19F3N8O. The average Bonchev–Trinajstić information content (AvgIpc) is 3.44. The number of hydrogen-bond donors (Lipinski definition) is 1. The lowest BCUT2D eigenvalue weighted by atomic mass is 9.69. The van der Waals surface area contributed by atoms with Crippen molar-refractivity contribution in [2.24, 2.45) is 18.4 Å². The lowest BCUT2D eigenvalue weighted by Crippen LogP contribution is -2.42. The molecule has 0 saturated heterocycles. The highest BCUT2D eigenvalue weighted by Gasteiger charge is 2.69. The van der Waals surface area contributed by atoms with Gasteiger partial charge in [-0.25, -0.2) is 19.3 Å². The Bertz CT molecular complexity index is 1440. The third-order valence-electron chi connectivity index (χ3n) is 7.08. The maximum atomic E-state index is 13.6. The molecule has 4 aromatic heterocycles. The molecule has 0 aliphatic heterocycles. The van der Waals surface area contributed by atoms with E-state index >= 15 is 0 Å². The van der Waals surface area contributed by atoms with Gasteiger partial charge >= 0.3 is 11.9 Å². The molecule has 166 valence electrons. The number of halogens is 3. The van der Waals surface area contributed by atoms with Gasteiger partial charge in [-0.1, -0.05) is 0 Å². The van der Waals surface area contributed by atoms with Crippen LogP contribution < -0.4 is 11.0 Å². The highest BCUT2D eigenvalue weighted by atomic mass is 19.4. The summed E-state index contributed by atoms with van der Waals surface area (Å²) in [5, 5.41) is 7.25. The van der Waals surface area contributed by atoms with Gasteiger partial charge in [-0.2, -0.15) is 23.3 Å². The van der Waals surface area contributed by atoms with E-state index in [9.17, 15) is 18.0 Å².